The summed E-state index contributed by atoms with van der Waals surface area (Å²) in [6.07, 6.45) is 5.68. The monoisotopic (exact) mass is 247 g/mol. The molecule has 2 saturated heterocycles. The minimum absolute atomic E-state index is 0.215. The molecule has 2 N–H and O–H groups in total. The van der Waals surface area contributed by atoms with E-state index in [1.165, 1.54) is 19.3 Å². The van der Waals surface area contributed by atoms with Crippen LogP contribution >= 0.6 is 0 Å². The lowest BCUT2D eigenvalue weighted by Gasteiger charge is -2.35. The predicted molar refractivity (Wildman–Crippen MR) is 66.8 cm³/mol. The molecule has 2 aliphatic rings. The van der Waals surface area contributed by atoms with Gasteiger partial charge in [0.15, 0.2) is 5.72 Å². The number of rotatable bonds is 3. The summed E-state index contributed by atoms with van der Waals surface area (Å²) < 4.78 is 6.06. The second kappa shape index (κ2) is 4.28. The molecule has 0 radical (unpaired) electrons. The number of aromatic carboxylic acids is 1. The number of carboxylic acids is 1. The first kappa shape index (κ1) is 11.5. The van der Waals surface area contributed by atoms with Gasteiger partial charge in [-0.15, -0.1) is 0 Å². The molecule has 96 valence electrons. The quantitative estimate of drug-likeness (QED) is 0.861. The summed E-state index contributed by atoms with van der Waals surface area (Å²) in [7, 11) is 0. The molecule has 2 unspecified atom stereocenters. The van der Waals surface area contributed by atoms with Gasteiger partial charge >= 0.3 is 5.97 Å². The number of carboxylic acid groups (broad SMARTS) is 1. The van der Waals surface area contributed by atoms with Crippen molar-refractivity contribution in [2.45, 2.75) is 43.9 Å². The Morgan fingerprint density at radius 1 is 1.28 bits per heavy atom. The zero-order valence-electron chi connectivity index (χ0n) is 10.2. The van der Waals surface area contributed by atoms with Gasteiger partial charge in [0, 0.05) is 18.9 Å². The van der Waals surface area contributed by atoms with Crippen LogP contribution in [-0.2, 0) is 0 Å². The molecular weight excluding hydrogens is 230 g/mol. The first-order valence-corrected chi connectivity index (χ1v) is 6.47. The number of ether oxygens (including phenoxy) is 1. The van der Waals surface area contributed by atoms with Crippen molar-refractivity contribution in [3.8, 4) is 5.75 Å². The van der Waals surface area contributed by atoms with E-state index in [2.05, 4.69) is 5.32 Å². The summed E-state index contributed by atoms with van der Waals surface area (Å²) in [5.74, 6) is -0.161. The van der Waals surface area contributed by atoms with Crippen LogP contribution in [0.1, 0.15) is 42.5 Å². The lowest BCUT2D eigenvalue weighted by Crippen LogP contribution is -2.50. The summed E-state index contributed by atoms with van der Waals surface area (Å²) in [6.45, 7) is 0. The highest BCUT2D eigenvalue weighted by Gasteiger charge is 2.43. The molecule has 18 heavy (non-hydrogen) atoms. The summed E-state index contributed by atoms with van der Waals surface area (Å²) in [6, 6.07) is 7.24. The van der Waals surface area contributed by atoms with E-state index in [4.69, 9.17) is 9.84 Å². The molecule has 1 aromatic carbocycles. The first-order chi connectivity index (χ1) is 8.67. The Bertz CT molecular complexity index is 453. The van der Waals surface area contributed by atoms with E-state index < -0.39 is 5.97 Å². The van der Waals surface area contributed by atoms with Crippen LogP contribution in [-0.4, -0.2) is 22.8 Å². The van der Waals surface area contributed by atoms with Crippen LogP contribution in [0.25, 0.3) is 0 Å². The van der Waals surface area contributed by atoms with Crippen molar-refractivity contribution in [2.75, 3.05) is 0 Å². The van der Waals surface area contributed by atoms with Gasteiger partial charge in [-0.25, -0.2) is 4.79 Å². The van der Waals surface area contributed by atoms with E-state index in [9.17, 15) is 4.79 Å². The molecule has 0 aromatic heterocycles. The normalized spacial score (nSPS) is 30.1. The molecular formula is C14H17NO3. The number of nitrogens with one attached hydrogen (secondary N) is 1. The van der Waals surface area contributed by atoms with Crippen molar-refractivity contribution in [1.82, 2.24) is 5.32 Å². The smallest absolute Gasteiger partial charge is 0.335 e. The SMILES string of the molecule is O=C(O)c1ccc(OC23CCCC(CC2)N3)cc1. The van der Waals surface area contributed by atoms with Gasteiger partial charge in [0.05, 0.1) is 5.56 Å². The van der Waals surface area contributed by atoms with Crippen molar-refractivity contribution in [2.24, 2.45) is 0 Å². The molecule has 0 spiro atoms. The van der Waals surface area contributed by atoms with Crippen molar-refractivity contribution in [3.05, 3.63) is 29.8 Å². The third kappa shape index (κ3) is 2.08. The molecule has 2 heterocycles. The van der Waals surface area contributed by atoms with Crippen LogP contribution in [0.2, 0.25) is 0 Å². The van der Waals surface area contributed by atoms with Gasteiger partial charge in [0.2, 0.25) is 0 Å². The van der Waals surface area contributed by atoms with Crippen molar-refractivity contribution in [1.29, 1.82) is 0 Å². The molecule has 2 fully saturated rings. The average Bonchev–Trinajstić information content (AvgIpc) is 2.65. The average molecular weight is 247 g/mol. The minimum Gasteiger partial charge on any atom is -0.478 e. The standard InChI is InChI=1S/C14H17NO3/c16-13(17)10-3-5-12(6-4-10)18-14-8-1-2-11(15-14)7-9-14/h3-6,11,15H,1-2,7-9H2,(H,16,17). The van der Waals surface area contributed by atoms with E-state index >= 15 is 0 Å². The first-order valence-electron chi connectivity index (χ1n) is 6.47. The van der Waals surface area contributed by atoms with Crippen LogP contribution in [0.5, 0.6) is 5.75 Å². The Labute approximate surface area is 106 Å². The molecule has 0 amide bonds. The molecule has 4 heteroatoms. The lowest BCUT2D eigenvalue weighted by atomic mass is 10.0. The predicted octanol–water partition coefficient (Wildman–Crippen LogP) is 2.40. The second-order valence-electron chi connectivity index (χ2n) is 5.20. The van der Waals surface area contributed by atoms with Crippen LogP contribution in [0.3, 0.4) is 0 Å². The van der Waals surface area contributed by atoms with Crippen molar-refractivity contribution in [3.63, 3.8) is 0 Å². The molecule has 0 saturated carbocycles. The topological polar surface area (TPSA) is 58.6 Å². The van der Waals surface area contributed by atoms with E-state index in [1.54, 1.807) is 24.3 Å². The Morgan fingerprint density at radius 2 is 2.06 bits per heavy atom. The number of fused-ring (bicyclic) bond motifs is 2. The summed E-state index contributed by atoms with van der Waals surface area (Å²) >= 11 is 0. The minimum atomic E-state index is -0.906. The number of hydrogen-bond acceptors (Lipinski definition) is 3. The molecule has 0 aliphatic carbocycles. The van der Waals surface area contributed by atoms with Crippen LogP contribution in [0, 0.1) is 0 Å². The highest BCUT2D eigenvalue weighted by Crippen LogP contribution is 2.37. The van der Waals surface area contributed by atoms with Crippen LogP contribution in [0.4, 0.5) is 0 Å². The maximum Gasteiger partial charge on any atom is 0.335 e. The maximum atomic E-state index is 10.8. The van der Waals surface area contributed by atoms with Gasteiger partial charge in [-0.1, -0.05) is 0 Å². The van der Waals surface area contributed by atoms with E-state index in [0.717, 1.165) is 18.6 Å². The summed E-state index contributed by atoms with van der Waals surface area (Å²) in [5, 5.41) is 12.4. The van der Waals surface area contributed by atoms with Gasteiger partial charge < -0.3 is 9.84 Å². The largest absolute Gasteiger partial charge is 0.478 e. The molecule has 2 bridgehead atoms. The van der Waals surface area contributed by atoms with E-state index in [0.29, 0.717) is 11.6 Å². The molecule has 3 rings (SSSR count). The van der Waals surface area contributed by atoms with E-state index in [1.807, 2.05) is 0 Å². The van der Waals surface area contributed by atoms with Gasteiger partial charge in [-0.3, -0.25) is 5.32 Å². The Balaban J connectivity index is 1.74. The number of carbonyl (C=O) groups is 1. The second-order valence-corrected chi connectivity index (χ2v) is 5.20. The fraction of sp³-hybridized carbons (Fsp3) is 0.500. The zero-order valence-corrected chi connectivity index (χ0v) is 10.2. The van der Waals surface area contributed by atoms with Gasteiger partial charge in [0.1, 0.15) is 5.75 Å². The Hall–Kier alpha value is -1.55. The van der Waals surface area contributed by atoms with Gasteiger partial charge in [-0.2, -0.15) is 0 Å². The molecule has 4 nitrogen and oxygen atoms in total. The Morgan fingerprint density at radius 3 is 2.78 bits per heavy atom. The van der Waals surface area contributed by atoms with E-state index in [-0.39, 0.29) is 5.72 Å². The fourth-order valence-corrected chi connectivity index (χ4v) is 2.99. The van der Waals surface area contributed by atoms with Crippen molar-refractivity contribution >= 4 is 5.97 Å². The van der Waals surface area contributed by atoms with Gasteiger partial charge in [0.25, 0.3) is 0 Å². The third-order valence-electron chi connectivity index (χ3n) is 3.91. The number of hydrogen-bond donors (Lipinski definition) is 2. The molecule has 1 aromatic rings. The summed E-state index contributed by atoms with van der Waals surface area (Å²) in [5.41, 5.74) is 0.0777. The maximum absolute atomic E-state index is 10.8. The van der Waals surface area contributed by atoms with Crippen LogP contribution < -0.4 is 10.1 Å². The lowest BCUT2D eigenvalue weighted by molar-refractivity contribution is 0.0236. The Kier molecular flexibility index (Phi) is 2.74. The summed E-state index contributed by atoms with van der Waals surface area (Å²) in [4.78, 5) is 10.8. The molecule has 2 aliphatic heterocycles. The zero-order chi connectivity index (χ0) is 12.6. The number of benzene rings is 1. The fourth-order valence-electron chi connectivity index (χ4n) is 2.99. The van der Waals surface area contributed by atoms with Gasteiger partial charge in [-0.05, 0) is 43.5 Å². The number of piperidine rings is 1. The third-order valence-corrected chi connectivity index (χ3v) is 3.91. The highest BCUT2D eigenvalue weighted by molar-refractivity contribution is 5.87. The van der Waals surface area contributed by atoms with Crippen LogP contribution in [0.15, 0.2) is 24.3 Å². The van der Waals surface area contributed by atoms with Crippen molar-refractivity contribution < 1.29 is 14.6 Å². The molecule has 2 atom stereocenters. The highest BCUT2D eigenvalue weighted by atomic mass is 16.5.